The minimum atomic E-state index is -0.697. The van der Waals surface area contributed by atoms with Crippen molar-refractivity contribution >= 4 is 5.97 Å². The number of aliphatic carboxylic acids is 1. The molecule has 1 aromatic rings. The van der Waals surface area contributed by atoms with E-state index in [9.17, 15) is 9.90 Å². The monoisotopic (exact) mass is 291 g/mol. The Morgan fingerprint density at radius 3 is 2.62 bits per heavy atom. The van der Waals surface area contributed by atoms with Crippen molar-refractivity contribution in [1.82, 2.24) is 4.90 Å². The smallest absolute Gasteiger partial charge is 0.303 e. The first kappa shape index (κ1) is 15.8. The highest BCUT2D eigenvalue weighted by Gasteiger charge is 2.20. The first-order chi connectivity index (χ1) is 9.95. The second kappa shape index (κ2) is 6.94. The highest BCUT2D eigenvalue weighted by atomic mass is 16.4. The van der Waals surface area contributed by atoms with Crippen LogP contribution in [0, 0.1) is 19.8 Å². The second-order valence-corrected chi connectivity index (χ2v) is 6.25. The molecule has 1 unspecified atom stereocenters. The molecule has 0 spiro atoms. The molecule has 0 aromatic heterocycles. The molecule has 2 rings (SSSR count). The predicted octanol–water partition coefficient (Wildman–Crippen LogP) is 3.09. The van der Waals surface area contributed by atoms with Crippen LogP contribution in [0.3, 0.4) is 0 Å². The van der Waals surface area contributed by atoms with Gasteiger partial charge in [0.1, 0.15) is 5.75 Å². The summed E-state index contributed by atoms with van der Waals surface area (Å²) in [5.41, 5.74) is 3.07. The summed E-state index contributed by atoms with van der Waals surface area (Å²) in [4.78, 5) is 13.1. The van der Waals surface area contributed by atoms with Gasteiger partial charge in [-0.15, -0.1) is 0 Å². The van der Waals surface area contributed by atoms with Crippen LogP contribution in [0.4, 0.5) is 0 Å². The lowest BCUT2D eigenvalue weighted by Crippen LogP contribution is -2.35. The van der Waals surface area contributed by atoms with E-state index in [-0.39, 0.29) is 6.42 Å². The Hall–Kier alpha value is -1.55. The molecule has 21 heavy (non-hydrogen) atoms. The number of nitrogens with zero attached hydrogens (tertiary/aromatic N) is 1. The van der Waals surface area contributed by atoms with E-state index in [1.807, 2.05) is 26.0 Å². The fraction of sp³-hybridized carbons (Fsp3) is 0.588. The molecule has 1 aliphatic heterocycles. The molecule has 4 heteroatoms. The lowest BCUT2D eigenvalue weighted by Gasteiger charge is -2.32. The average Bonchev–Trinajstić information content (AvgIpc) is 2.43. The maximum Gasteiger partial charge on any atom is 0.303 e. The van der Waals surface area contributed by atoms with Gasteiger partial charge in [-0.2, -0.15) is 0 Å². The van der Waals surface area contributed by atoms with E-state index in [4.69, 9.17) is 5.11 Å². The van der Waals surface area contributed by atoms with E-state index < -0.39 is 5.97 Å². The largest absolute Gasteiger partial charge is 0.507 e. The van der Waals surface area contributed by atoms with Crippen LogP contribution in [0.15, 0.2) is 12.1 Å². The third-order valence-corrected chi connectivity index (χ3v) is 4.33. The Morgan fingerprint density at radius 1 is 1.33 bits per heavy atom. The number of piperidine rings is 1. The Balaban J connectivity index is 1.94. The molecule has 0 saturated carbocycles. The zero-order valence-electron chi connectivity index (χ0n) is 12.9. The van der Waals surface area contributed by atoms with Crippen molar-refractivity contribution < 1.29 is 15.0 Å². The van der Waals surface area contributed by atoms with Crippen molar-refractivity contribution in [2.24, 2.45) is 5.92 Å². The van der Waals surface area contributed by atoms with Gasteiger partial charge >= 0.3 is 5.97 Å². The predicted molar refractivity (Wildman–Crippen MR) is 82.5 cm³/mol. The number of aromatic hydroxyl groups is 1. The van der Waals surface area contributed by atoms with Crippen LogP contribution in [0.2, 0.25) is 0 Å². The van der Waals surface area contributed by atoms with E-state index in [0.717, 1.165) is 50.0 Å². The van der Waals surface area contributed by atoms with E-state index >= 15 is 0 Å². The molecule has 4 nitrogen and oxygen atoms in total. The van der Waals surface area contributed by atoms with Crippen molar-refractivity contribution in [3.8, 4) is 5.75 Å². The molecule has 2 N–H and O–H groups in total. The van der Waals surface area contributed by atoms with Crippen molar-refractivity contribution in [3.05, 3.63) is 28.8 Å². The Bertz CT molecular complexity index is 490. The molecular formula is C17H25NO3. The van der Waals surface area contributed by atoms with Crippen LogP contribution in [-0.2, 0) is 11.3 Å². The summed E-state index contributed by atoms with van der Waals surface area (Å²) in [5.74, 6) is 0.183. The average molecular weight is 291 g/mol. The summed E-state index contributed by atoms with van der Waals surface area (Å²) in [7, 11) is 0. The number of aryl methyl sites for hydroxylation is 2. The molecule has 1 heterocycles. The number of phenolic OH excluding ortho intramolecular Hbond substituents is 1. The third kappa shape index (κ3) is 4.46. The quantitative estimate of drug-likeness (QED) is 0.875. The Kier molecular flexibility index (Phi) is 5.23. The zero-order valence-corrected chi connectivity index (χ0v) is 12.9. The first-order valence-electron chi connectivity index (χ1n) is 7.69. The van der Waals surface area contributed by atoms with Crippen LogP contribution in [0.5, 0.6) is 5.75 Å². The van der Waals surface area contributed by atoms with Crippen LogP contribution in [-0.4, -0.2) is 34.2 Å². The molecule has 116 valence electrons. The zero-order chi connectivity index (χ0) is 15.4. The molecule has 1 aliphatic rings. The Morgan fingerprint density at radius 2 is 2.00 bits per heavy atom. The summed E-state index contributed by atoms with van der Waals surface area (Å²) in [6.07, 6.45) is 3.33. The number of benzene rings is 1. The summed E-state index contributed by atoms with van der Waals surface area (Å²) in [5, 5.41) is 18.6. The molecule has 0 amide bonds. The highest BCUT2D eigenvalue weighted by molar-refractivity contribution is 5.66. The Labute approximate surface area is 126 Å². The summed E-state index contributed by atoms with van der Waals surface area (Å²) >= 11 is 0. The van der Waals surface area contributed by atoms with E-state index in [1.165, 1.54) is 5.56 Å². The second-order valence-electron chi connectivity index (χ2n) is 6.25. The molecule has 1 fully saturated rings. The lowest BCUT2D eigenvalue weighted by atomic mass is 9.93. The molecule has 1 aromatic carbocycles. The van der Waals surface area contributed by atoms with Crippen molar-refractivity contribution in [2.45, 2.75) is 46.1 Å². The number of hydrogen-bond donors (Lipinski definition) is 2. The summed E-state index contributed by atoms with van der Waals surface area (Å²) < 4.78 is 0. The van der Waals surface area contributed by atoms with E-state index in [2.05, 4.69) is 4.90 Å². The molecule has 1 atom stereocenters. The number of phenols is 1. The van der Waals surface area contributed by atoms with Crippen LogP contribution in [0.1, 0.15) is 42.4 Å². The molecule has 0 aliphatic carbocycles. The van der Waals surface area contributed by atoms with E-state index in [1.54, 1.807) is 0 Å². The molecule has 0 bridgehead atoms. The number of carboxylic acids is 1. The third-order valence-electron chi connectivity index (χ3n) is 4.33. The minimum absolute atomic E-state index is 0.274. The number of carboxylic acid groups (broad SMARTS) is 1. The molecule has 0 radical (unpaired) electrons. The highest BCUT2D eigenvalue weighted by Crippen LogP contribution is 2.26. The molecule has 1 saturated heterocycles. The van der Waals surface area contributed by atoms with Crippen LogP contribution < -0.4 is 0 Å². The maximum atomic E-state index is 10.7. The van der Waals surface area contributed by atoms with Gasteiger partial charge in [0.15, 0.2) is 0 Å². The van der Waals surface area contributed by atoms with Gasteiger partial charge in [0.05, 0.1) is 0 Å². The number of carbonyl (C=O) groups is 1. The summed E-state index contributed by atoms with van der Waals surface area (Å²) in [6, 6.07) is 4.09. The van der Waals surface area contributed by atoms with Gasteiger partial charge in [-0.3, -0.25) is 9.69 Å². The summed E-state index contributed by atoms with van der Waals surface area (Å²) in [6.45, 7) is 6.79. The van der Waals surface area contributed by atoms with Gasteiger partial charge in [-0.25, -0.2) is 0 Å². The van der Waals surface area contributed by atoms with Crippen molar-refractivity contribution in [3.63, 3.8) is 0 Å². The van der Waals surface area contributed by atoms with Crippen LogP contribution in [0.25, 0.3) is 0 Å². The van der Waals surface area contributed by atoms with Gasteiger partial charge in [0.25, 0.3) is 0 Å². The van der Waals surface area contributed by atoms with Crippen molar-refractivity contribution in [2.75, 3.05) is 13.1 Å². The number of rotatable bonds is 5. The fourth-order valence-corrected chi connectivity index (χ4v) is 3.25. The number of hydrogen-bond acceptors (Lipinski definition) is 3. The normalized spacial score (nSPS) is 19.6. The van der Waals surface area contributed by atoms with Crippen LogP contribution >= 0.6 is 0 Å². The fourth-order valence-electron chi connectivity index (χ4n) is 3.25. The SMILES string of the molecule is Cc1cc(CN2CCCC(CCC(=O)O)C2)cc(C)c1O. The maximum absolute atomic E-state index is 10.7. The van der Waals surface area contributed by atoms with Gasteiger partial charge in [-0.05, 0) is 62.3 Å². The van der Waals surface area contributed by atoms with Gasteiger partial charge in [0.2, 0.25) is 0 Å². The number of likely N-dealkylation sites (tertiary alicyclic amines) is 1. The molecular weight excluding hydrogens is 266 g/mol. The van der Waals surface area contributed by atoms with Gasteiger partial charge in [0, 0.05) is 19.5 Å². The lowest BCUT2D eigenvalue weighted by molar-refractivity contribution is -0.137. The first-order valence-corrected chi connectivity index (χ1v) is 7.69. The van der Waals surface area contributed by atoms with Gasteiger partial charge < -0.3 is 10.2 Å². The topological polar surface area (TPSA) is 60.8 Å². The van der Waals surface area contributed by atoms with Gasteiger partial charge in [-0.1, -0.05) is 12.1 Å². The minimum Gasteiger partial charge on any atom is -0.507 e. The standard InChI is InChI=1S/C17H25NO3/c1-12-8-15(9-13(2)17(12)21)11-18-7-3-4-14(10-18)5-6-16(19)20/h8-9,14,21H,3-7,10-11H2,1-2H3,(H,19,20). The van der Waals surface area contributed by atoms with E-state index in [0.29, 0.717) is 11.7 Å². The van der Waals surface area contributed by atoms with Crippen molar-refractivity contribution in [1.29, 1.82) is 0 Å².